The summed E-state index contributed by atoms with van der Waals surface area (Å²) in [5, 5.41) is 3.22. The highest BCUT2D eigenvalue weighted by Crippen LogP contribution is 2.38. The second-order valence-corrected chi connectivity index (χ2v) is 9.67. The summed E-state index contributed by atoms with van der Waals surface area (Å²) in [6, 6.07) is 7.83. The molecule has 1 heterocycles. The maximum absolute atomic E-state index is 12.8. The molecule has 1 aromatic carbocycles. The third-order valence-electron chi connectivity index (χ3n) is 6.42. The summed E-state index contributed by atoms with van der Waals surface area (Å²) < 4.78 is 5.60. The molecule has 1 atom stereocenters. The number of nitrogens with one attached hydrogen (secondary N) is 1. The highest BCUT2D eigenvalue weighted by molar-refractivity contribution is 6.00. The lowest BCUT2D eigenvalue weighted by atomic mass is 9.71. The fourth-order valence-corrected chi connectivity index (χ4v) is 4.50. The first-order chi connectivity index (χ1) is 13.8. The molecular weight excluding hydrogens is 364 g/mol. The van der Waals surface area contributed by atoms with Gasteiger partial charge in [0, 0.05) is 24.7 Å². The third-order valence-corrected chi connectivity index (χ3v) is 6.42. The van der Waals surface area contributed by atoms with Gasteiger partial charge in [0.15, 0.2) is 0 Å². The molecule has 5 nitrogen and oxygen atoms in total. The first-order valence-electron chi connectivity index (χ1n) is 11.1. The molecule has 3 rings (SSSR count). The zero-order chi connectivity index (χ0) is 21.0. The van der Waals surface area contributed by atoms with E-state index in [1.807, 2.05) is 24.3 Å². The number of hydrogen-bond donors (Lipinski definition) is 1. The van der Waals surface area contributed by atoms with Crippen molar-refractivity contribution in [2.24, 2.45) is 17.3 Å². The molecule has 1 aromatic rings. The van der Waals surface area contributed by atoms with Gasteiger partial charge in [0.2, 0.25) is 11.8 Å². The van der Waals surface area contributed by atoms with E-state index >= 15 is 0 Å². The van der Waals surface area contributed by atoms with E-state index in [9.17, 15) is 9.59 Å². The predicted molar refractivity (Wildman–Crippen MR) is 116 cm³/mol. The molecule has 1 N–H and O–H groups in total. The molecule has 5 heteroatoms. The summed E-state index contributed by atoms with van der Waals surface area (Å²) in [5.74, 6) is 1.32. The van der Waals surface area contributed by atoms with Crippen LogP contribution < -0.4 is 15.0 Å². The number of anilines is 1. The van der Waals surface area contributed by atoms with Crippen LogP contribution >= 0.6 is 0 Å². The van der Waals surface area contributed by atoms with Gasteiger partial charge in [-0.15, -0.1) is 0 Å². The Morgan fingerprint density at radius 3 is 2.38 bits per heavy atom. The first kappa shape index (κ1) is 21.7. The van der Waals surface area contributed by atoms with Crippen molar-refractivity contribution in [1.29, 1.82) is 0 Å². The molecule has 1 aliphatic heterocycles. The van der Waals surface area contributed by atoms with Gasteiger partial charge >= 0.3 is 0 Å². The Hall–Kier alpha value is -2.04. The van der Waals surface area contributed by atoms with Gasteiger partial charge in [0.05, 0.1) is 12.5 Å². The van der Waals surface area contributed by atoms with E-state index in [1.165, 1.54) is 0 Å². The molecule has 0 spiro atoms. The molecule has 0 unspecified atom stereocenters. The number of ether oxygens (including phenoxy) is 1. The Morgan fingerprint density at radius 2 is 1.79 bits per heavy atom. The Morgan fingerprint density at radius 1 is 1.14 bits per heavy atom. The normalized spacial score (nSPS) is 25.2. The van der Waals surface area contributed by atoms with Crippen molar-refractivity contribution < 1.29 is 14.3 Å². The summed E-state index contributed by atoms with van der Waals surface area (Å²) in [6.45, 7) is 10.1. The lowest BCUT2D eigenvalue weighted by molar-refractivity contribution is -0.127. The number of nitrogens with zero attached hydrogens (tertiary/aromatic N) is 1. The zero-order valence-electron chi connectivity index (χ0n) is 18.4. The molecular formula is C24H36N2O3. The van der Waals surface area contributed by atoms with Gasteiger partial charge in [0.1, 0.15) is 5.75 Å². The lowest BCUT2D eigenvalue weighted by Crippen LogP contribution is -2.42. The van der Waals surface area contributed by atoms with Crippen LogP contribution in [0.1, 0.15) is 66.2 Å². The smallest absolute Gasteiger partial charge is 0.227 e. The summed E-state index contributed by atoms with van der Waals surface area (Å²) >= 11 is 0. The second-order valence-electron chi connectivity index (χ2n) is 9.67. The van der Waals surface area contributed by atoms with Crippen LogP contribution in [-0.4, -0.2) is 31.0 Å². The molecule has 0 aromatic heterocycles. The Bertz CT molecular complexity index is 700. The minimum Gasteiger partial charge on any atom is -0.494 e. The number of amides is 2. The van der Waals surface area contributed by atoms with Crippen molar-refractivity contribution in [3.63, 3.8) is 0 Å². The van der Waals surface area contributed by atoms with Gasteiger partial charge in [-0.1, -0.05) is 27.7 Å². The van der Waals surface area contributed by atoms with E-state index in [0.717, 1.165) is 49.5 Å². The lowest BCUT2D eigenvalue weighted by Gasteiger charge is -2.37. The molecule has 2 aliphatic rings. The molecule has 0 radical (unpaired) electrons. The molecule has 160 valence electrons. The van der Waals surface area contributed by atoms with Gasteiger partial charge in [-0.3, -0.25) is 9.59 Å². The summed E-state index contributed by atoms with van der Waals surface area (Å²) in [6.07, 6.45) is 5.65. The Balaban J connectivity index is 1.51. The van der Waals surface area contributed by atoms with E-state index < -0.39 is 0 Å². The average Bonchev–Trinajstić information content (AvgIpc) is 3.08. The number of carbonyl (C=O) groups excluding carboxylic acids is 2. The number of rotatable bonds is 6. The Kier molecular flexibility index (Phi) is 6.86. The van der Waals surface area contributed by atoms with Crippen LogP contribution in [0, 0.1) is 17.3 Å². The summed E-state index contributed by atoms with van der Waals surface area (Å²) in [7, 11) is 0. The van der Waals surface area contributed by atoms with E-state index in [0.29, 0.717) is 18.6 Å². The van der Waals surface area contributed by atoms with Crippen LogP contribution in [0.2, 0.25) is 0 Å². The van der Waals surface area contributed by atoms with Crippen molar-refractivity contribution in [3.8, 4) is 5.75 Å². The number of hydrogen-bond acceptors (Lipinski definition) is 3. The fourth-order valence-electron chi connectivity index (χ4n) is 4.50. The highest BCUT2D eigenvalue weighted by Gasteiger charge is 2.37. The molecule has 1 aliphatic carbocycles. The molecule has 2 amide bonds. The highest BCUT2D eigenvalue weighted by atomic mass is 16.5. The molecule has 1 saturated carbocycles. The number of benzene rings is 1. The van der Waals surface area contributed by atoms with Crippen LogP contribution in [0.5, 0.6) is 5.75 Å². The molecule has 29 heavy (non-hydrogen) atoms. The van der Waals surface area contributed by atoms with Crippen LogP contribution in [0.3, 0.4) is 0 Å². The maximum atomic E-state index is 12.8. The van der Waals surface area contributed by atoms with E-state index in [2.05, 4.69) is 33.0 Å². The SMILES string of the molecule is CCCOc1ccc(N2C[C@@H](C(=O)NC3CCC(C(C)(C)C)CC3)CC2=O)cc1. The Labute approximate surface area is 175 Å². The molecule has 0 bridgehead atoms. The van der Waals surface area contributed by atoms with Crippen molar-refractivity contribution in [3.05, 3.63) is 24.3 Å². The van der Waals surface area contributed by atoms with Gasteiger partial charge < -0.3 is 15.0 Å². The first-order valence-corrected chi connectivity index (χ1v) is 11.1. The van der Waals surface area contributed by atoms with Gasteiger partial charge in [0.25, 0.3) is 0 Å². The topological polar surface area (TPSA) is 58.6 Å². The zero-order valence-corrected chi connectivity index (χ0v) is 18.4. The van der Waals surface area contributed by atoms with Crippen LogP contribution in [0.4, 0.5) is 5.69 Å². The van der Waals surface area contributed by atoms with Crippen LogP contribution in [-0.2, 0) is 9.59 Å². The minimum atomic E-state index is -0.265. The summed E-state index contributed by atoms with van der Waals surface area (Å²) in [5.41, 5.74) is 1.17. The average molecular weight is 401 g/mol. The van der Waals surface area contributed by atoms with Gasteiger partial charge in [-0.05, 0) is 67.7 Å². The quantitative estimate of drug-likeness (QED) is 0.762. The van der Waals surface area contributed by atoms with Crippen molar-refractivity contribution in [2.45, 2.75) is 72.3 Å². The van der Waals surface area contributed by atoms with E-state index in [4.69, 9.17) is 4.74 Å². The fraction of sp³-hybridized carbons (Fsp3) is 0.667. The number of carbonyl (C=O) groups is 2. The van der Waals surface area contributed by atoms with Gasteiger partial charge in [-0.2, -0.15) is 0 Å². The molecule has 2 fully saturated rings. The van der Waals surface area contributed by atoms with Crippen LogP contribution in [0.25, 0.3) is 0 Å². The second kappa shape index (κ2) is 9.19. The standard InChI is InChI=1S/C24H36N2O3/c1-5-14-29-21-12-10-20(11-13-21)26-16-17(15-22(26)27)23(28)25-19-8-6-18(7-9-19)24(2,3)4/h10-13,17-19H,5-9,14-16H2,1-4H3,(H,25,28)/t17-,18?,19?/m0/s1. The maximum Gasteiger partial charge on any atom is 0.227 e. The third kappa shape index (κ3) is 5.52. The monoisotopic (exact) mass is 400 g/mol. The van der Waals surface area contributed by atoms with E-state index in [1.54, 1.807) is 4.90 Å². The van der Waals surface area contributed by atoms with Gasteiger partial charge in [-0.25, -0.2) is 0 Å². The van der Waals surface area contributed by atoms with E-state index in [-0.39, 0.29) is 30.2 Å². The van der Waals surface area contributed by atoms with Crippen molar-refractivity contribution in [2.75, 3.05) is 18.1 Å². The minimum absolute atomic E-state index is 0.0174. The molecule has 1 saturated heterocycles. The summed E-state index contributed by atoms with van der Waals surface area (Å²) in [4.78, 5) is 27.0. The van der Waals surface area contributed by atoms with Crippen molar-refractivity contribution >= 4 is 17.5 Å². The predicted octanol–water partition coefficient (Wildman–Crippen LogP) is 4.55. The van der Waals surface area contributed by atoms with Crippen molar-refractivity contribution in [1.82, 2.24) is 5.32 Å². The largest absolute Gasteiger partial charge is 0.494 e. The van der Waals surface area contributed by atoms with Crippen LogP contribution in [0.15, 0.2) is 24.3 Å².